The molecule has 0 aliphatic heterocycles. The molecule has 3 aromatic carbocycles. The number of nitrogens with zero attached hydrogens (tertiary/aromatic N) is 1. The molecule has 6 nitrogen and oxygen atoms in total. The van der Waals surface area contributed by atoms with Crippen molar-refractivity contribution in [1.29, 1.82) is 0 Å². The minimum Gasteiger partial charge on any atom is -0.406 e. The summed E-state index contributed by atoms with van der Waals surface area (Å²) >= 11 is 1.17. The number of halogens is 6. The van der Waals surface area contributed by atoms with Gasteiger partial charge in [-0.1, -0.05) is 75.4 Å². The van der Waals surface area contributed by atoms with Crippen LogP contribution in [-0.2, 0) is 17.4 Å². The Labute approximate surface area is 247 Å². The Morgan fingerprint density at radius 2 is 1.33 bits per heavy atom. The largest absolute Gasteiger partial charge is 0.573 e. The molecule has 4 rings (SSSR count). The molecule has 0 saturated carbocycles. The maximum atomic E-state index is 13.6. The summed E-state index contributed by atoms with van der Waals surface area (Å²) in [5.41, 5.74) is -0.472. The van der Waals surface area contributed by atoms with Gasteiger partial charge < -0.3 is 14.8 Å². The van der Waals surface area contributed by atoms with Gasteiger partial charge in [0.05, 0.1) is 11.2 Å². The number of ether oxygens (including phenoxy) is 2. The molecule has 2 amide bonds. The number of nitrogens with one attached hydrogen (secondary N) is 2. The van der Waals surface area contributed by atoms with E-state index in [1.807, 2.05) is 20.8 Å². The molecule has 0 radical (unpaired) electrons. The minimum atomic E-state index is -5.01. The highest BCUT2D eigenvalue weighted by Crippen LogP contribution is 2.38. The lowest BCUT2D eigenvalue weighted by Crippen LogP contribution is -2.50. The first-order valence-electron chi connectivity index (χ1n) is 12.8. The van der Waals surface area contributed by atoms with Crippen LogP contribution in [0.5, 0.6) is 11.5 Å². The number of carbonyl (C=O) groups is 1. The fourth-order valence-corrected chi connectivity index (χ4v) is 5.31. The lowest BCUT2D eigenvalue weighted by atomic mass is 9.77. The Kier molecular flexibility index (Phi) is 8.95. The van der Waals surface area contributed by atoms with E-state index in [1.165, 1.54) is 35.6 Å². The second-order valence-electron chi connectivity index (χ2n) is 10.6. The van der Waals surface area contributed by atoms with Crippen LogP contribution in [0.3, 0.4) is 0 Å². The fraction of sp³-hybridized carbons (Fsp3) is 0.267. The SMILES string of the molecule is CC(C)(C)c1csc(NC(=O)NC(Cc2ccccc2)(c2cccc(OC(F)(F)F)c2)c2cccc(OC(F)(F)F)c2)n1. The third-order valence-electron chi connectivity index (χ3n) is 6.25. The second-order valence-corrected chi connectivity index (χ2v) is 11.4. The van der Waals surface area contributed by atoms with Gasteiger partial charge in [0.1, 0.15) is 11.5 Å². The fourth-order valence-electron chi connectivity index (χ4n) is 4.38. The van der Waals surface area contributed by atoms with Crippen molar-refractivity contribution in [1.82, 2.24) is 10.3 Å². The number of amides is 2. The highest BCUT2D eigenvalue weighted by Gasteiger charge is 2.39. The van der Waals surface area contributed by atoms with E-state index in [4.69, 9.17) is 0 Å². The summed E-state index contributed by atoms with van der Waals surface area (Å²) in [5, 5.41) is 7.52. The van der Waals surface area contributed by atoms with E-state index in [-0.39, 0.29) is 28.1 Å². The summed E-state index contributed by atoms with van der Waals surface area (Å²) in [6.45, 7) is 5.84. The molecule has 228 valence electrons. The van der Waals surface area contributed by atoms with E-state index in [1.54, 1.807) is 35.7 Å². The molecule has 2 N–H and O–H groups in total. The molecule has 0 aliphatic rings. The Morgan fingerprint density at radius 1 is 0.791 bits per heavy atom. The number of aromatic nitrogens is 1. The summed E-state index contributed by atoms with van der Waals surface area (Å²) in [4.78, 5) is 18.0. The van der Waals surface area contributed by atoms with E-state index in [0.717, 1.165) is 30.0 Å². The average molecular weight is 624 g/mol. The minimum absolute atomic E-state index is 0.0721. The molecule has 0 aliphatic carbocycles. The summed E-state index contributed by atoms with van der Waals surface area (Å²) in [6, 6.07) is 17.6. The molecular weight excluding hydrogens is 596 g/mol. The Bertz CT molecular complexity index is 1490. The molecule has 1 aromatic heterocycles. The summed E-state index contributed by atoms with van der Waals surface area (Å²) in [6.07, 6.45) is -10.1. The van der Waals surface area contributed by atoms with E-state index in [2.05, 4.69) is 25.1 Å². The monoisotopic (exact) mass is 623 g/mol. The van der Waals surface area contributed by atoms with Gasteiger partial charge in [0.2, 0.25) is 0 Å². The van der Waals surface area contributed by atoms with Crippen LogP contribution in [-0.4, -0.2) is 23.7 Å². The van der Waals surface area contributed by atoms with Crippen molar-refractivity contribution < 1.29 is 40.6 Å². The van der Waals surface area contributed by atoms with Crippen LogP contribution in [0.1, 0.15) is 43.2 Å². The zero-order valence-electron chi connectivity index (χ0n) is 23.1. The molecule has 43 heavy (non-hydrogen) atoms. The van der Waals surface area contributed by atoms with Crippen LogP contribution in [0.2, 0.25) is 0 Å². The summed E-state index contributed by atoms with van der Waals surface area (Å²) < 4.78 is 87.2. The van der Waals surface area contributed by atoms with Crippen molar-refractivity contribution in [3.63, 3.8) is 0 Å². The molecule has 0 bridgehead atoms. The maximum absolute atomic E-state index is 13.6. The van der Waals surface area contributed by atoms with Gasteiger partial charge >= 0.3 is 18.8 Å². The molecule has 0 spiro atoms. The van der Waals surface area contributed by atoms with E-state index >= 15 is 0 Å². The number of rotatable bonds is 8. The van der Waals surface area contributed by atoms with Gasteiger partial charge in [-0.2, -0.15) is 0 Å². The smallest absolute Gasteiger partial charge is 0.406 e. The van der Waals surface area contributed by atoms with Crippen molar-refractivity contribution in [3.05, 3.63) is 107 Å². The number of hydrogen-bond acceptors (Lipinski definition) is 5. The Balaban J connectivity index is 1.87. The number of alkyl halides is 6. The average Bonchev–Trinajstić information content (AvgIpc) is 3.36. The summed E-state index contributed by atoms with van der Waals surface area (Å²) in [7, 11) is 0. The van der Waals surface area contributed by atoms with Crippen molar-refractivity contribution >= 4 is 22.5 Å². The van der Waals surface area contributed by atoms with Gasteiger partial charge in [-0.15, -0.1) is 37.7 Å². The van der Waals surface area contributed by atoms with Crippen LogP contribution in [0, 0.1) is 0 Å². The van der Waals surface area contributed by atoms with Crippen LogP contribution in [0.4, 0.5) is 36.3 Å². The van der Waals surface area contributed by atoms with E-state index < -0.39 is 35.8 Å². The van der Waals surface area contributed by atoms with Gasteiger partial charge in [-0.05, 0) is 41.0 Å². The van der Waals surface area contributed by atoms with Crippen LogP contribution < -0.4 is 20.1 Å². The number of urea groups is 1. The third-order valence-corrected chi connectivity index (χ3v) is 7.01. The van der Waals surface area contributed by atoms with E-state index in [9.17, 15) is 31.1 Å². The maximum Gasteiger partial charge on any atom is 0.573 e. The van der Waals surface area contributed by atoms with Crippen molar-refractivity contribution in [2.75, 3.05) is 5.32 Å². The molecule has 0 unspecified atom stereocenters. The lowest BCUT2D eigenvalue weighted by Gasteiger charge is -2.37. The van der Waals surface area contributed by atoms with Gasteiger partial charge in [-0.25, -0.2) is 9.78 Å². The quantitative estimate of drug-likeness (QED) is 0.193. The first kappa shape index (κ1) is 31.7. The molecule has 0 fully saturated rings. The van der Waals surface area contributed by atoms with Gasteiger partial charge in [0, 0.05) is 17.2 Å². The third kappa shape index (κ3) is 8.63. The molecule has 0 saturated heterocycles. The number of thiazole rings is 1. The standard InChI is InChI=1S/C30H27F6N3O3S/c1-27(2,3)24-18-43-26(37-24)38-25(40)39-28(17-19-9-5-4-6-10-19,20-11-7-13-22(15-20)41-29(31,32)33)21-12-8-14-23(16-21)42-30(34,35)36/h4-16,18H,17H2,1-3H3,(H2,37,38,39,40). The second kappa shape index (κ2) is 12.2. The highest BCUT2D eigenvalue weighted by molar-refractivity contribution is 7.13. The normalized spacial score (nSPS) is 12.5. The first-order valence-corrected chi connectivity index (χ1v) is 13.7. The van der Waals surface area contributed by atoms with E-state index in [0.29, 0.717) is 5.56 Å². The molecule has 13 heteroatoms. The predicted octanol–water partition coefficient (Wildman–Crippen LogP) is 8.55. The number of anilines is 1. The molecule has 0 atom stereocenters. The predicted molar refractivity (Wildman–Crippen MR) is 150 cm³/mol. The van der Waals surface area contributed by atoms with Gasteiger partial charge in [0.15, 0.2) is 5.13 Å². The molecule has 1 heterocycles. The van der Waals surface area contributed by atoms with Gasteiger partial charge in [0.25, 0.3) is 0 Å². The molecular formula is C30H27F6N3O3S. The zero-order chi connectivity index (χ0) is 31.5. The first-order chi connectivity index (χ1) is 20.0. The van der Waals surface area contributed by atoms with Crippen molar-refractivity contribution in [2.45, 2.75) is 50.9 Å². The van der Waals surface area contributed by atoms with Crippen LogP contribution >= 0.6 is 11.3 Å². The Morgan fingerprint density at radius 3 is 1.79 bits per heavy atom. The number of benzene rings is 3. The van der Waals surface area contributed by atoms with Crippen LogP contribution in [0.15, 0.2) is 84.2 Å². The highest BCUT2D eigenvalue weighted by atomic mass is 32.1. The number of hydrogen-bond donors (Lipinski definition) is 2. The Hall–Kier alpha value is -4.26. The van der Waals surface area contributed by atoms with Crippen molar-refractivity contribution in [2.24, 2.45) is 0 Å². The van der Waals surface area contributed by atoms with Gasteiger partial charge in [-0.3, -0.25) is 5.32 Å². The van der Waals surface area contributed by atoms with Crippen molar-refractivity contribution in [3.8, 4) is 11.5 Å². The molecule has 4 aromatic rings. The van der Waals surface area contributed by atoms with Crippen LogP contribution in [0.25, 0.3) is 0 Å². The summed E-state index contributed by atoms with van der Waals surface area (Å²) in [5.74, 6) is -1.16. The topological polar surface area (TPSA) is 72.5 Å². The lowest BCUT2D eigenvalue weighted by molar-refractivity contribution is -0.275. The number of carbonyl (C=O) groups excluding carboxylic acids is 1. The zero-order valence-corrected chi connectivity index (χ0v) is 24.0.